The molecule has 1 fully saturated rings. The standard InChI is InChI=1S/C13H16ClNO/c14-11-5-3-4-10(8-11)13(9-12(15)16)6-1-2-7-13/h3-5,8H,1-2,6-7,9H2,(H2,15,16). The van der Waals surface area contributed by atoms with Crippen LogP contribution in [0.5, 0.6) is 0 Å². The SMILES string of the molecule is NC(=O)CC1(c2cccc(Cl)c2)CCCC1. The average Bonchev–Trinajstić information content (AvgIpc) is 2.66. The van der Waals surface area contributed by atoms with E-state index in [1.165, 1.54) is 12.8 Å². The van der Waals surface area contributed by atoms with E-state index in [1.54, 1.807) is 0 Å². The van der Waals surface area contributed by atoms with Crippen molar-refractivity contribution in [3.63, 3.8) is 0 Å². The lowest BCUT2D eigenvalue weighted by molar-refractivity contribution is -0.119. The monoisotopic (exact) mass is 237 g/mol. The molecule has 1 aliphatic rings. The number of nitrogens with two attached hydrogens (primary N) is 1. The molecule has 0 bridgehead atoms. The number of primary amides is 1. The van der Waals surface area contributed by atoms with Crippen molar-refractivity contribution in [3.05, 3.63) is 34.9 Å². The highest BCUT2D eigenvalue weighted by molar-refractivity contribution is 6.30. The number of rotatable bonds is 3. The lowest BCUT2D eigenvalue weighted by atomic mass is 9.76. The maximum Gasteiger partial charge on any atom is 0.218 e. The van der Waals surface area contributed by atoms with E-state index in [1.807, 2.05) is 18.2 Å². The largest absolute Gasteiger partial charge is 0.370 e. The lowest BCUT2D eigenvalue weighted by Crippen LogP contribution is -2.29. The Hall–Kier alpha value is -1.02. The lowest BCUT2D eigenvalue weighted by Gasteiger charge is -2.28. The fourth-order valence-electron chi connectivity index (χ4n) is 2.77. The van der Waals surface area contributed by atoms with E-state index in [2.05, 4.69) is 6.07 Å². The van der Waals surface area contributed by atoms with Gasteiger partial charge in [0.05, 0.1) is 0 Å². The molecule has 1 aromatic rings. The van der Waals surface area contributed by atoms with Gasteiger partial charge in [-0.25, -0.2) is 0 Å². The Bertz CT molecular complexity index is 397. The Morgan fingerprint density at radius 2 is 2.06 bits per heavy atom. The van der Waals surface area contributed by atoms with Gasteiger partial charge in [0.25, 0.3) is 0 Å². The Morgan fingerprint density at radius 3 is 2.62 bits per heavy atom. The highest BCUT2D eigenvalue weighted by Gasteiger charge is 2.36. The Balaban J connectivity index is 2.35. The van der Waals surface area contributed by atoms with Crippen molar-refractivity contribution < 1.29 is 4.79 Å². The molecule has 2 N–H and O–H groups in total. The van der Waals surface area contributed by atoms with Crippen LogP contribution in [0.15, 0.2) is 24.3 Å². The van der Waals surface area contributed by atoms with Crippen molar-refractivity contribution in [2.75, 3.05) is 0 Å². The third-order valence-electron chi connectivity index (χ3n) is 3.51. The minimum atomic E-state index is -0.220. The summed E-state index contributed by atoms with van der Waals surface area (Å²) in [4.78, 5) is 11.2. The van der Waals surface area contributed by atoms with E-state index in [0.717, 1.165) is 23.4 Å². The molecule has 1 saturated carbocycles. The van der Waals surface area contributed by atoms with Crippen LogP contribution in [-0.4, -0.2) is 5.91 Å². The number of hydrogen-bond acceptors (Lipinski definition) is 1. The quantitative estimate of drug-likeness (QED) is 0.863. The third kappa shape index (κ3) is 2.22. The predicted molar refractivity (Wildman–Crippen MR) is 65.4 cm³/mol. The normalized spacial score (nSPS) is 18.6. The zero-order valence-corrected chi connectivity index (χ0v) is 9.96. The zero-order valence-electron chi connectivity index (χ0n) is 9.21. The topological polar surface area (TPSA) is 43.1 Å². The van der Waals surface area contributed by atoms with E-state index < -0.39 is 0 Å². The van der Waals surface area contributed by atoms with E-state index in [4.69, 9.17) is 17.3 Å². The van der Waals surface area contributed by atoms with Crippen LogP contribution in [0, 0.1) is 0 Å². The minimum absolute atomic E-state index is 0.0588. The van der Waals surface area contributed by atoms with E-state index in [9.17, 15) is 4.79 Å². The van der Waals surface area contributed by atoms with Crippen LogP contribution in [0.3, 0.4) is 0 Å². The molecule has 1 aliphatic carbocycles. The third-order valence-corrected chi connectivity index (χ3v) is 3.75. The Morgan fingerprint density at radius 1 is 1.38 bits per heavy atom. The Labute approximate surface area is 101 Å². The second kappa shape index (κ2) is 4.46. The van der Waals surface area contributed by atoms with Crippen molar-refractivity contribution in [3.8, 4) is 0 Å². The average molecular weight is 238 g/mol. The van der Waals surface area contributed by atoms with Crippen LogP contribution >= 0.6 is 11.6 Å². The van der Waals surface area contributed by atoms with Gasteiger partial charge in [0, 0.05) is 16.9 Å². The first kappa shape index (κ1) is 11.5. The van der Waals surface area contributed by atoms with Crippen LogP contribution in [-0.2, 0) is 10.2 Å². The maximum absolute atomic E-state index is 11.2. The van der Waals surface area contributed by atoms with Crippen LogP contribution in [0.4, 0.5) is 0 Å². The highest BCUT2D eigenvalue weighted by atomic mass is 35.5. The smallest absolute Gasteiger partial charge is 0.218 e. The van der Waals surface area contributed by atoms with Gasteiger partial charge in [-0.15, -0.1) is 0 Å². The molecular formula is C13H16ClNO. The van der Waals surface area contributed by atoms with Gasteiger partial charge >= 0.3 is 0 Å². The first-order valence-corrected chi connectivity index (χ1v) is 6.05. The molecule has 0 heterocycles. The van der Waals surface area contributed by atoms with Gasteiger partial charge in [-0.3, -0.25) is 4.79 Å². The van der Waals surface area contributed by atoms with Gasteiger partial charge in [-0.05, 0) is 30.5 Å². The predicted octanol–water partition coefficient (Wildman–Crippen LogP) is 3.03. The molecule has 3 heteroatoms. The number of carbonyl (C=O) groups is 1. The summed E-state index contributed by atoms with van der Waals surface area (Å²) in [7, 11) is 0. The summed E-state index contributed by atoms with van der Waals surface area (Å²) >= 11 is 6.01. The summed E-state index contributed by atoms with van der Waals surface area (Å²) in [5, 5.41) is 0.730. The molecule has 16 heavy (non-hydrogen) atoms. The van der Waals surface area contributed by atoms with Crippen molar-refractivity contribution >= 4 is 17.5 Å². The molecule has 2 rings (SSSR count). The number of hydrogen-bond donors (Lipinski definition) is 1. The van der Waals surface area contributed by atoms with Gasteiger partial charge in [-0.2, -0.15) is 0 Å². The number of halogens is 1. The number of benzene rings is 1. The molecule has 0 aliphatic heterocycles. The highest BCUT2D eigenvalue weighted by Crippen LogP contribution is 2.44. The second-order valence-electron chi connectivity index (χ2n) is 4.64. The molecular weight excluding hydrogens is 222 g/mol. The minimum Gasteiger partial charge on any atom is -0.370 e. The molecule has 0 atom stereocenters. The molecule has 0 aromatic heterocycles. The van der Waals surface area contributed by atoms with Crippen LogP contribution < -0.4 is 5.73 Å². The summed E-state index contributed by atoms with van der Waals surface area (Å²) < 4.78 is 0. The van der Waals surface area contributed by atoms with Gasteiger partial charge in [-0.1, -0.05) is 36.6 Å². The second-order valence-corrected chi connectivity index (χ2v) is 5.08. The molecule has 86 valence electrons. The van der Waals surface area contributed by atoms with Crippen molar-refractivity contribution in [2.45, 2.75) is 37.5 Å². The first-order chi connectivity index (χ1) is 7.62. The summed E-state index contributed by atoms with van der Waals surface area (Å²) in [6, 6.07) is 7.83. The van der Waals surface area contributed by atoms with E-state index >= 15 is 0 Å². The molecule has 2 nitrogen and oxygen atoms in total. The fraction of sp³-hybridized carbons (Fsp3) is 0.462. The number of carbonyl (C=O) groups excluding carboxylic acids is 1. The van der Waals surface area contributed by atoms with Crippen LogP contribution in [0.25, 0.3) is 0 Å². The van der Waals surface area contributed by atoms with E-state index in [0.29, 0.717) is 6.42 Å². The van der Waals surface area contributed by atoms with Crippen molar-refractivity contribution in [1.82, 2.24) is 0 Å². The van der Waals surface area contributed by atoms with Crippen LogP contribution in [0.2, 0.25) is 5.02 Å². The molecule has 0 radical (unpaired) electrons. The molecule has 1 aromatic carbocycles. The van der Waals surface area contributed by atoms with Gasteiger partial charge in [0.1, 0.15) is 0 Å². The Kier molecular flexibility index (Phi) is 3.20. The van der Waals surface area contributed by atoms with Crippen LogP contribution in [0.1, 0.15) is 37.7 Å². The summed E-state index contributed by atoms with van der Waals surface area (Å²) in [6.07, 6.45) is 4.85. The maximum atomic E-state index is 11.2. The molecule has 0 unspecified atom stereocenters. The number of amides is 1. The van der Waals surface area contributed by atoms with Crippen molar-refractivity contribution in [2.24, 2.45) is 5.73 Å². The molecule has 0 saturated heterocycles. The zero-order chi connectivity index (χ0) is 11.6. The fourth-order valence-corrected chi connectivity index (χ4v) is 2.96. The van der Waals surface area contributed by atoms with Gasteiger partial charge < -0.3 is 5.73 Å². The summed E-state index contributed by atoms with van der Waals surface area (Å²) in [6.45, 7) is 0. The molecule has 1 amide bonds. The first-order valence-electron chi connectivity index (χ1n) is 5.67. The van der Waals surface area contributed by atoms with Gasteiger partial charge in [0.15, 0.2) is 0 Å². The summed E-state index contributed by atoms with van der Waals surface area (Å²) in [5.74, 6) is -0.220. The summed E-state index contributed by atoms with van der Waals surface area (Å²) in [5.41, 5.74) is 6.47. The van der Waals surface area contributed by atoms with Gasteiger partial charge in [0.2, 0.25) is 5.91 Å². The van der Waals surface area contributed by atoms with Crippen molar-refractivity contribution in [1.29, 1.82) is 0 Å². The molecule has 0 spiro atoms. The van der Waals surface area contributed by atoms with E-state index in [-0.39, 0.29) is 11.3 Å².